The largest absolute Gasteiger partial charge is 0.368 e. The maximum atomic E-state index is 11.5. The summed E-state index contributed by atoms with van der Waals surface area (Å²) in [5.41, 5.74) is -0.451. The first-order valence-electron chi connectivity index (χ1n) is 4.82. The van der Waals surface area contributed by atoms with Crippen LogP contribution in [0.2, 0.25) is 0 Å². The third kappa shape index (κ3) is 5.42. The second kappa shape index (κ2) is 5.16. The maximum Gasteiger partial charge on any atom is 0.176 e. The zero-order valence-corrected chi connectivity index (χ0v) is 9.92. The Kier molecular flexibility index (Phi) is 4.81. The number of ether oxygens (including phenoxy) is 1. The minimum atomic E-state index is -1.16. The number of carbonyl (C=O) groups is 3. The fraction of sp³-hybridized carbons (Fsp3) is 0.727. The van der Waals surface area contributed by atoms with Gasteiger partial charge in [-0.3, -0.25) is 14.4 Å². The van der Waals surface area contributed by atoms with Gasteiger partial charge in [-0.15, -0.1) is 0 Å². The molecule has 15 heavy (non-hydrogen) atoms. The average Bonchev–Trinajstić information content (AvgIpc) is 1.97. The van der Waals surface area contributed by atoms with E-state index in [2.05, 4.69) is 0 Å². The zero-order chi connectivity index (χ0) is 12.2. The molecule has 0 radical (unpaired) electrons. The van der Waals surface area contributed by atoms with Gasteiger partial charge in [-0.25, -0.2) is 0 Å². The molecule has 0 aliphatic heterocycles. The van der Waals surface area contributed by atoms with Crippen molar-refractivity contribution < 1.29 is 19.1 Å². The molecule has 0 aliphatic rings. The van der Waals surface area contributed by atoms with Crippen LogP contribution in [0.15, 0.2) is 0 Å². The average molecular weight is 214 g/mol. The van der Waals surface area contributed by atoms with Gasteiger partial charge < -0.3 is 4.74 Å². The Hall–Kier alpha value is -1.03. The van der Waals surface area contributed by atoms with Gasteiger partial charge in [0, 0.05) is 0 Å². The molecular formula is C11H18O4. The van der Waals surface area contributed by atoms with Gasteiger partial charge in [0.15, 0.2) is 5.78 Å². The van der Waals surface area contributed by atoms with Crippen molar-refractivity contribution in [2.45, 2.75) is 40.2 Å². The quantitative estimate of drug-likeness (QED) is 0.644. The minimum Gasteiger partial charge on any atom is -0.368 e. The van der Waals surface area contributed by atoms with Gasteiger partial charge in [0.05, 0.1) is 5.60 Å². The van der Waals surface area contributed by atoms with Gasteiger partial charge in [0.1, 0.15) is 24.1 Å². The highest BCUT2D eigenvalue weighted by Gasteiger charge is 2.28. The van der Waals surface area contributed by atoms with Crippen molar-refractivity contribution >= 4 is 17.3 Å². The molecule has 0 rings (SSSR count). The number of hydrogen-bond donors (Lipinski definition) is 0. The lowest BCUT2D eigenvalue weighted by Crippen LogP contribution is -2.34. The molecule has 0 atom stereocenters. The fourth-order valence-electron chi connectivity index (χ4n) is 1.11. The highest BCUT2D eigenvalue weighted by atomic mass is 16.5. The number of rotatable bonds is 5. The molecule has 0 saturated carbocycles. The van der Waals surface area contributed by atoms with Crippen LogP contribution in [-0.4, -0.2) is 29.6 Å². The Morgan fingerprint density at radius 1 is 1.07 bits per heavy atom. The molecule has 0 N–H and O–H groups in total. The van der Waals surface area contributed by atoms with Crippen molar-refractivity contribution in [2.24, 2.45) is 5.92 Å². The highest BCUT2D eigenvalue weighted by molar-refractivity contribution is 6.18. The summed E-state index contributed by atoms with van der Waals surface area (Å²) in [5.74, 6) is -2.48. The molecule has 0 aromatic rings. The summed E-state index contributed by atoms with van der Waals surface area (Å²) in [4.78, 5) is 33.6. The van der Waals surface area contributed by atoms with Crippen molar-refractivity contribution in [1.82, 2.24) is 0 Å². The topological polar surface area (TPSA) is 60.4 Å². The molecule has 86 valence electrons. The van der Waals surface area contributed by atoms with Crippen molar-refractivity contribution in [3.05, 3.63) is 0 Å². The minimum absolute atomic E-state index is 0.201. The summed E-state index contributed by atoms with van der Waals surface area (Å²) >= 11 is 0. The van der Waals surface area contributed by atoms with Crippen molar-refractivity contribution in [2.75, 3.05) is 6.61 Å². The molecule has 0 aromatic heterocycles. The molecule has 0 amide bonds. The normalized spacial score (nSPS) is 11.6. The summed E-state index contributed by atoms with van der Waals surface area (Å²) in [5, 5.41) is 0. The number of carbonyl (C=O) groups excluding carboxylic acids is 3. The van der Waals surface area contributed by atoms with E-state index in [1.165, 1.54) is 13.8 Å². The first-order chi connectivity index (χ1) is 6.65. The van der Waals surface area contributed by atoms with Gasteiger partial charge in [0.25, 0.3) is 0 Å². The smallest absolute Gasteiger partial charge is 0.176 e. The number of Topliss-reactive ketones (excluding diaryl/α,β-unsaturated/α-hetero) is 3. The van der Waals surface area contributed by atoms with Crippen LogP contribution in [0.1, 0.15) is 34.6 Å². The van der Waals surface area contributed by atoms with Gasteiger partial charge in [0.2, 0.25) is 0 Å². The summed E-state index contributed by atoms with van der Waals surface area (Å²) in [6, 6.07) is 0. The van der Waals surface area contributed by atoms with E-state index in [1.54, 1.807) is 20.8 Å². The van der Waals surface area contributed by atoms with Crippen LogP contribution in [0.4, 0.5) is 0 Å². The summed E-state index contributed by atoms with van der Waals surface area (Å²) in [7, 11) is 0. The van der Waals surface area contributed by atoms with E-state index >= 15 is 0 Å². The van der Waals surface area contributed by atoms with Crippen LogP contribution in [0.5, 0.6) is 0 Å². The van der Waals surface area contributed by atoms with Crippen LogP contribution in [0.25, 0.3) is 0 Å². The highest BCUT2D eigenvalue weighted by Crippen LogP contribution is 2.09. The molecule has 0 aromatic carbocycles. The molecule has 0 bridgehead atoms. The van der Waals surface area contributed by atoms with E-state index in [0.29, 0.717) is 0 Å². The van der Waals surface area contributed by atoms with Crippen LogP contribution in [-0.2, 0) is 19.1 Å². The number of hydrogen-bond acceptors (Lipinski definition) is 4. The van der Waals surface area contributed by atoms with Gasteiger partial charge >= 0.3 is 0 Å². The lowest BCUT2D eigenvalue weighted by molar-refractivity contribution is -0.143. The predicted octanol–water partition coefficient (Wildman–Crippen LogP) is 1.16. The Morgan fingerprint density at radius 3 is 1.73 bits per heavy atom. The predicted molar refractivity (Wildman–Crippen MR) is 55.6 cm³/mol. The first-order valence-corrected chi connectivity index (χ1v) is 4.82. The van der Waals surface area contributed by atoms with Crippen molar-refractivity contribution in [3.8, 4) is 0 Å². The Morgan fingerprint density at radius 2 is 1.47 bits per heavy atom. The van der Waals surface area contributed by atoms with Crippen LogP contribution in [0, 0.1) is 5.92 Å². The summed E-state index contributed by atoms with van der Waals surface area (Å²) in [6.45, 7) is 7.68. The number of ketones is 3. The molecule has 4 nitrogen and oxygen atoms in total. The molecule has 4 heteroatoms. The van der Waals surface area contributed by atoms with E-state index in [4.69, 9.17) is 4.74 Å². The summed E-state index contributed by atoms with van der Waals surface area (Å²) < 4.78 is 5.22. The van der Waals surface area contributed by atoms with E-state index in [0.717, 1.165) is 0 Å². The maximum absolute atomic E-state index is 11.5. The molecular weight excluding hydrogens is 196 g/mol. The Balaban J connectivity index is 4.42. The van der Waals surface area contributed by atoms with Gasteiger partial charge in [-0.1, -0.05) is 0 Å². The first kappa shape index (κ1) is 14.0. The monoisotopic (exact) mass is 214 g/mol. The lowest BCUT2D eigenvalue weighted by Gasteiger charge is -2.20. The van der Waals surface area contributed by atoms with Crippen molar-refractivity contribution in [1.29, 1.82) is 0 Å². The van der Waals surface area contributed by atoms with E-state index in [9.17, 15) is 14.4 Å². The second-order valence-corrected chi connectivity index (χ2v) is 4.52. The second-order valence-electron chi connectivity index (χ2n) is 4.52. The van der Waals surface area contributed by atoms with E-state index in [-0.39, 0.29) is 6.61 Å². The molecule has 0 aliphatic carbocycles. The molecule has 0 saturated heterocycles. The third-order valence-electron chi connectivity index (χ3n) is 1.78. The van der Waals surface area contributed by atoms with Crippen LogP contribution < -0.4 is 0 Å². The molecule has 0 heterocycles. The standard InChI is InChI=1S/C11H18O4/c1-7(12)10(8(2)13)9(14)6-15-11(3,4)5/h10H,6H2,1-5H3. The third-order valence-corrected chi connectivity index (χ3v) is 1.78. The fourth-order valence-corrected chi connectivity index (χ4v) is 1.11. The zero-order valence-electron chi connectivity index (χ0n) is 9.92. The molecule has 0 spiro atoms. The lowest BCUT2D eigenvalue weighted by atomic mass is 9.96. The van der Waals surface area contributed by atoms with Crippen molar-refractivity contribution in [3.63, 3.8) is 0 Å². The van der Waals surface area contributed by atoms with Crippen LogP contribution in [0.3, 0.4) is 0 Å². The molecule has 0 fully saturated rings. The Bertz CT molecular complexity index is 259. The molecule has 0 unspecified atom stereocenters. The Labute approximate surface area is 90.0 Å². The summed E-state index contributed by atoms with van der Waals surface area (Å²) in [6.07, 6.45) is 0. The SMILES string of the molecule is CC(=O)C(C(C)=O)C(=O)COC(C)(C)C. The van der Waals surface area contributed by atoms with Gasteiger partial charge in [-0.2, -0.15) is 0 Å². The van der Waals surface area contributed by atoms with Gasteiger partial charge in [-0.05, 0) is 34.6 Å². The van der Waals surface area contributed by atoms with Crippen LogP contribution >= 0.6 is 0 Å². The van der Waals surface area contributed by atoms with E-state index < -0.39 is 28.9 Å². The van der Waals surface area contributed by atoms with E-state index in [1.807, 2.05) is 0 Å².